The minimum absolute atomic E-state index is 0.930. The Morgan fingerprint density at radius 3 is 0.593 bits per heavy atom. The molecule has 0 atom stereocenters. The third-order valence-corrected chi connectivity index (χ3v) is 12.5. The minimum Gasteiger partial charge on any atom is -0.0654 e. The van der Waals surface area contributed by atoms with Crippen LogP contribution in [0.5, 0.6) is 0 Å². The molecule has 0 amide bonds. The van der Waals surface area contributed by atoms with Crippen molar-refractivity contribution in [1.29, 1.82) is 0 Å². The van der Waals surface area contributed by atoms with Gasteiger partial charge in [0.25, 0.3) is 0 Å². The van der Waals surface area contributed by atoms with Gasteiger partial charge in [-0.2, -0.15) is 0 Å². The predicted octanol–water partition coefficient (Wildman–Crippen LogP) is 19.6. The van der Waals surface area contributed by atoms with E-state index < -0.39 is 0 Å². The molecule has 0 aliphatic heterocycles. The minimum atomic E-state index is 0.930. The van der Waals surface area contributed by atoms with Gasteiger partial charge < -0.3 is 0 Å². The van der Waals surface area contributed by atoms with E-state index in [1.54, 1.807) is 11.1 Å². The first-order valence-electron chi connectivity index (χ1n) is 25.7. The van der Waals surface area contributed by atoms with Gasteiger partial charge in [0, 0.05) is 0 Å². The first-order valence-corrected chi connectivity index (χ1v) is 25.7. The Hall–Kier alpha value is -0.780. The monoisotopic (exact) mass is 750 g/mol. The highest BCUT2D eigenvalue weighted by molar-refractivity contribution is 5.31. The molecule has 0 aliphatic rings. The zero-order valence-corrected chi connectivity index (χ0v) is 37.8. The second-order valence-corrected chi connectivity index (χ2v) is 18.0. The maximum absolute atomic E-state index is 4.22. The standard InChI is InChI=1S/C54H101/c1-4-7-9-11-13-15-17-19-21-23-25-27-29-31-33-35-37-39-41-43-45-47-53-49-52(6-3)50-54(51-53)48-46-44-42-40-38-36-34-32-30-28-26-24-22-20-18-16-14-12-10-8-5-2/h49-51H,3-48H2,1-2H3. The van der Waals surface area contributed by atoms with E-state index in [1.165, 1.54) is 288 Å². The van der Waals surface area contributed by atoms with Gasteiger partial charge in [-0.1, -0.05) is 289 Å². The van der Waals surface area contributed by atoms with Crippen LogP contribution in [0, 0.1) is 6.92 Å². The van der Waals surface area contributed by atoms with Gasteiger partial charge in [-0.15, -0.1) is 0 Å². The maximum atomic E-state index is 4.22. The summed E-state index contributed by atoms with van der Waals surface area (Å²) >= 11 is 0. The van der Waals surface area contributed by atoms with Crippen LogP contribution in [0.2, 0.25) is 0 Å². The molecule has 0 aromatic heterocycles. The summed E-state index contributed by atoms with van der Waals surface area (Å²) in [6.07, 6.45) is 64.6. The molecule has 0 bridgehead atoms. The zero-order chi connectivity index (χ0) is 38.7. The van der Waals surface area contributed by atoms with Crippen LogP contribution in [0.3, 0.4) is 0 Å². The SMILES string of the molecule is [CH2]Cc1cc(CCCCCCCCCCCCCCCCCCCCCCC)cc(CCCCCCCCCCCCCCCCCCCCCCC)c1. The molecule has 0 N–H and O–H groups in total. The number of benzene rings is 1. The molecule has 0 fully saturated rings. The van der Waals surface area contributed by atoms with Crippen LogP contribution in [-0.2, 0) is 19.3 Å². The quantitative estimate of drug-likeness (QED) is 0.0583. The molecule has 0 heterocycles. The molecule has 0 saturated carbocycles. The molecule has 317 valence electrons. The molecule has 1 rings (SSSR count). The summed E-state index contributed by atoms with van der Waals surface area (Å²) in [5, 5.41) is 0. The lowest BCUT2D eigenvalue weighted by atomic mass is 9.96. The predicted molar refractivity (Wildman–Crippen MR) is 248 cm³/mol. The lowest BCUT2D eigenvalue weighted by Crippen LogP contribution is -1.95. The Bertz CT molecular complexity index is 772. The van der Waals surface area contributed by atoms with Gasteiger partial charge in [0.15, 0.2) is 0 Å². The maximum Gasteiger partial charge on any atom is -0.0279 e. The fourth-order valence-corrected chi connectivity index (χ4v) is 8.79. The van der Waals surface area contributed by atoms with Gasteiger partial charge in [0.05, 0.1) is 0 Å². The fourth-order valence-electron chi connectivity index (χ4n) is 8.79. The normalized spacial score (nSPS) is 11.6. The topological polar surface area (TPSA) is 0 Å². The average Bonchev–Trinajstić information content (AvgIpc) is 3.19. The molecule has 54 heavy (non-hydrogen) atoms. The van der Waals surface area contributed by atoms with Crippen LogP contribution in [0.15, 0.2) is 18.2 Å². The van der Waals surface area contributed by atoms with Crippen molar-refractivity contribution < 1.29 is 0 Å². The average molecular weight is 750 g/mol. The number of hydrogen-bond acceptors (Lipinski definition) is 0. The number of aryl methyl sites for hydroxylation is 2. The summed E-state index contributed by atoms with van der Waals surface area (Å²) in [7, 11) is 0. The van der Waals surface area contributed by atoms with Crippen molar-refractivity contribution in [2.75, 3.05) is 0 Å². The Balaban J connectivity index is 1.89. The highest BCUT2D eigenvalue weighted by atomic mass is 14.1. The lowest BCUT2D eigenvalue weighted by molar-refractivity contribution is 0.520. The van der Waals surface area contributed by atoms with E-state index in [0.29, 0.717) is 0 Å². The van der Waals surface area contributed by atoms with E-state index in [4.69, 9.17) is 0 Å². The summed E-state index contributed by atoms with van der Waals surface area (Å²) < 4.78 is 0. The van der Waals surface area contributed by atoms with Gasteiger partial charge in [0.1, 0.15) is 0 Å². The van der Waals surface area contributed by atoms with E-state index in [9.17, 15) is 0 Å². The third-order valence-electron chi connectivity index (χ3n) is 12.5. The first-order chi connectivity index (χ1) is 26.8. The van der Waals surface area contributed by atoms with Crippen LogP contribution in [0.25, 0.3) is 0 Å². The molecule has 0 spiro atoms. The zero-order valence-electron chi connectivity index (χ0n) is 37.8. The van der Waals surface area contributed by atoms with Crippen LogP contribution in [0.4, 0.5) is 0 Å². The highest BCUT2D eigenvalue weighted by Crippen LogP contribution is 2.20. The largest absolute Gasteiger partial charge is 0.0654 e. The van der Waals surface area contributed by atoms with Gasteiger partial charge in [-0.25, -0.2) is 0 Å². The van der Waals surface area contributed by atoms with Crippen LogP contribution in [0.1, 0.15) is 300 Å². The van der Waals surface area contributed by atoms with Crippen LogP contribution < -0.4 is 0 Å². The third kappa shape index (κ3) is 36.8. The molecular formula is C54H101. The number of unbranched alkanes of at least 4 members (excludes halogenated alkanes) is 40. The van der Waals surface area contributed by atoms with E-state index in [2.05, 4.69) is 39.0 Å². The Morgan fingerprint density at radius 1 is 0.241 bits per heavy atom. The van der Waals surface area contributed by atoms with E-state index in [-0.39, 0.29) is 0 Å². The first kappa shape index (κ1) is 51.2. The summed E-state index contributed by atoms with van der Waals surface area (Å²) in [4.78, 5) is 0. The fraction of sp³-hybridized carbons (Fsp3) is 0.870. The second kappa shape index (κ2) is 43.3. The van der Waals surface area contributed by atoms with Gasteiger partial charge >= 0.3 is 0 Å². The molecule has 1 aromatic carbocycles. The highest BCUT2D eigenvalue weighted by Gasteiger charge is 2.03. The molecule has 0 heteroatoms. The lowest BCUT2D eigenvalue weighted by Gasteiger charge is -2.10. The van der Waals surface area contributed by atoms with Crippen molar-refractivity contribution in [3.8, 4) is 0 Å². The van der Waals surface area contributed by atoms with Crippen LogP contribution in [-0.4, -0.2) is 0 Å². The Labute approximate surface area is 343 Å². The van der Waals surface area contributed by atoms with Gasteiger partial charge in [-0.05, 0) is 55.7 Å². The van der Waals surface area contributed by atoms with E-state index in [1.807, 2.05) is 0 Å². The Morgan fingerprint density at radius 2 is 0.407 bits per heavy atom. The molecule has 0 nitrogen and oxygen atoms in total. The van der Waals surface area contributed by atoms with Crippen molar-refractivity contribution in [3.05, 3.63) is 41.8 Å². The van der Waals surface area contributed by atoms with Crippen molar-refractivity contribution in [3.63, 3.8) is 0 Å². The van der Waals surface area contributed by atoms with Gasteiger partial charge in [0.2, 0.25) is 0 Å². The van der Waals surface area contributed by atoms with Crippen LogP contribution >= 0.6 is 0 Å². The van der Waals surface area contributed by atoms with Crippen molar-refractivity contribution in [1.82, 2.24) is 0 Å². The summed E-state index contributed by atoms with van der Waals surface area (Å²) in [6.45, 7) is 8.84. The number of hydrogen-bond donors (Lipinski definition) is 0. The van der Waals surface area contributed by atoms with Crippen molar-refractivity contribution in [2.24, 2.45) is 0 Å². The van der Waals surface area contributed by atoms with Gasteiger partial charge in [-0.3, -0.25) is 0 Å². The summed E-state index contributed by atoms with van der Waals surface area (Å²) in [5.74, 6) is 0. The second-order valence-electron chi connectivity index (χ2n) is 18.0. The van der Waals surface area contributed by atoms with E-state index in [0.717, 1.165) is 6.42 Å². The number of rotatable bonds is 45. The molecule has 1 aromatic rings. The summed E-state index contributed by atoms with van der Waals surface area (Å²) in [5.41, 5.74) is 4.61. The molecule has 0 saturated heterocycles. The smallest absolute Gasteiger partial charge is 0.0279 e. The molecule has 0 aliphatic carbocycles. The molecule has 0 unspecified atom stereocenters. The van der Waals surface area contributed by atoms with E-state index >= 15 is 0 Å². The molecular weight excluding hydrogens is 649 g/mol. The Kier molecular flexibility index (Phi) is 41.1. The van der Waals surface area contributed by atoms with Crippen molar-refractivity contribution >= 4 is 0 Å². The van der Waals surface area contributed by atoms with Crippen molar-refractivity contribution in [2.45, 2.75) is 303 Å². The summed E-state index contributed by atoms with van der Waals surface area (Å²) in [6, 6.07) is 7.43. The molecule has 1 radical (unpaired) electrons.